The molecule has 0 N–H and O–H groups in total. The number of para-hydroxylation sites is 1. The molecular formula is C17H16BrIN2O2. The molecule has 120 valence electrons. The minimum atomic E-state index is 0.124. The molecule has 0 fully saturated rings. The first kappa shape index (κ1) is 16.6. The molecule has 0 aliphatic carbocycles. The molecule has 1 unspecified atom stereocenters. The Bertz CT molecular complexity index is 734. The van der Waals surface area contributed by atoms with Crippen molar-refractivity contribution in [3.63, 3.8) is 0 Å². The lowest BCUT2D eigenvalue weighted by molar-refractivity contribution is 0.341. The van der Waals surface area contributed by atoms with Crippen LogP contribution in [0.15, 0.2) is 52.0 Å². The van der Waals surface area contributed by atoms with Crippen LogP contribution in [0.1, 0.15) is 23.6 Å². The van der Waals surface area contributed by atoms with Gasteiger partial charge < -0.3 is 9.47 Å². The topological polar surface area (TPSA) is 34.1 Å². The molecule has 1 heterocycles. The van der Waals surface area contributed by atoms with Gasteiger partial charge in [0, 0.05) is 16.5 Å². The highest BCUT2D eigenvalue weighted by Crippen LogP contribution is 2.42. The van der Waals surface area contributed by atoms with Crippen LogP contribution in [-0.4, -0.2) is 23.2 Å². The van der Waals surface area contributed by atoms with Crippen LogP contribution in [0, 0.1) is 0 Å². The number of nitrogens with zero attached hydrogens (tertiary/aromatic N) is 2. The van der Waals surface area contributed by atoms with Crippen LogP contribution < -0.4 is 9.47 Å². The van der Waals surface area contributed by atoms with Crippen molar-refractivity contribution >= 4 is 44.5 Å². The molecule has 0 amide bonds. The summed E-state index contributed by atoms with van der Waals surface area (Å²) in [4.78, 5) is 0. The molecule has 4 nitrogen and oxygen atoms in total. The molecule has 0 saturated heterocycles. The maximum atomic E-state index is 5.57. The van der Waals surface area contributed by atoms with Crippen molar-refractivity contribution in [2.24, 2.45) is 5.10 Å². The van der Waals surface area contributed by atoms with Crippen molar-refractivity contribution in [3.05, 3.63) is 58.1 Å². The molecule has 1 aliphatic rings. The number of benzene rings is 2. The van der Waals surface area contributed by atoms with E-state index >= 15 is 0 Å². The summed E-state index contributed by atoms with van der Waals surface area (Å²) in [6.45, 7) is 0. The Morgan fingerprint density at radius 1 is 1.13 bits per heavy atom. The van der Waals surface area contributed by atoms with Crippen LogP contribution in [0.25, 0.3) is 0 Å². The van der Waals surface area contributed by atoms with E-state index in [4.69, 9.17) is 14.6 Å². The molecule has 0 aromatic heterocycles. The van der Waals surface area contributed by atoms with Crippen molar-refractivity contribution in [1.29, 1.82) is 0 Å². The molecule has 3 rings (SSSR count). The largest absolute Gasteiger partial charge is 0.493 e. The number of methoxy groups -OCH3 is 2. The maximum Gasteiger partial charge on any atom is 0.166 e. The molecule has 1 aliphatic heterocycles. The zero-order valence-corrected chi connectivity index (χ0v) is 16.5. The molecule has 0 saturated carbocycles. The number of rotatable bonds is 4. The Morgan fingerprint density at radius 3 is 2.52 bits per heavy atom. The third kappa shape index (κ3) is 3.33. The van der Waals surface area contributed by atoms with Gasteiger partial charge in [0.15, 0.2) is 11.5 Å². The lowest BCUT2D eigenvalue weighted by atomic mass is 9.98. The fourth-order valence-electron chi connectivity index (χ4n) is 2.70. The summed E-state index contributed by atoms with van der Waals surface area (Å²) in [5, 5.41) is 4.70. The maximum absolute atomic E-state index is 5.57. The van der Waals surface area contributed by atoms with Crippen molar-refractivity contribution in [3.8, 4) is 11.5 Å². The molecular weight excluding hydrogens is 471 g/mol. The SMILES string of the molecule is COc1cccc(C2CC(c3ccc(Br)cc3)=NN2I)c1OC. The predicted molar refractivity (Wildman–Crippen MR) is 103 cm³/mol. The lowest BCUT2D eigenvalue weighted by Gasteiger charge is -2.20. The highest BCUT2D eigenvalue weighted by atomic mass is 127. The summed E-state index contributed by atoms with van der Waals surface area (Å²) in [6.07, 6.45) is 0.827. The van der Waals surface area contributed by atoms with Gasteiger partial charge in [-0.1, -0.05) is 40.2 Å². The third-order valence-electron chi connectivity index (χ3n) is 3.83. The van der Waals surface area contributed by atoms with E-state index in [1.165, 1.54) is 0 Å². The number of ether oxygens (including phenoxy) is 2. The minimum Gasteiger partial charge on any atom is -0.493 e. The van der Waals surface area contributed by atoms with Gasteiger partial charge in [0.1, 0.15) is 0 Å². The van der Waals surface area contributed by atoms with Gasteiger partial charge in [0.25, 0.3) is 0 Å². The normalized spacial score (nSPS) is 17.1. The summed E-state index contributed by atoms with van der Waals surface area (Å²) in [5.74, 6) is 1.51. The Balaban J connectivity index is 1.91. The van der Waals surface area contributed by atoms with Crippen LogP contribution in [-0.2, 0) is 0 Å². The van der Waals surface area contributed by atoms with Gasteiger partial charge in [0.2, 0.25) is 0 Å². The van der Waals surface area contributed by atoms with E-state index in [0.717, 1.165) is 39.2 Å². The lowest BCUT2D eigenvalue weighted by Crippen LogP contribution is -2.10. The fraction of sp³-hybridized carbons (Fsp3) is 0.235. The Kier molecular flexibility index (Phi) is 5.11. The van der Waals surface area contributed by atoms with Gasteiger partial charge in [-0.05, 0) is 23.8 Å². The molecule has 0 bridgehead atoms. The summed E-state index contributed by atoms with van der Waals surface area (Å²) in [5.41, 5.74) is 3.29. The highest BCUT2D eigenvalue weighted by molar-refractivity contribution is 14.1. The standard InChI is InChI=1S/C17H16BrIN2O2/c1-22-16-5-3-4-13(17(16)23-2)15-10-14(20-21(15)19)11-6-8-12(18)9-7-11/h3-9,15H,10H2,1-2H3. The predicted octanol–water partition coefficient (Wildman–Crippen LogP) is 4.97. The quantitative estimate of drug-likeness (QED) is 0.452. The smallest absolute Gasteiger partial charge is 0.166 e. The van der Waals surface area contributed by atoms with Crippen molar-refractivity contribution < 1.29 is 9.47 Å². The van der Waals surface area contributed by atoms with Crippen molar-refractivity contribution in [2.45, 2.75) is 12.5 Å². The first-order chi connectivity index (χ1) is 11.1. The summed E-state index contributed by atoms with van der Waals surface area (Å²) in [6, 6.07) is 14.3. The number of halogens is 2. The van der Waals surface area contributed by atoms with Crippen molar-refractivity contribution in [1.82, 2.24) is 3.22 Å². The van der Waals surface area contributed by atoms with Gasteiger partial charge in [-0.15, -0.1) is 0 Å². The molecule has 0 spiro atoms. The van der Waals surface area contributed by atoms with Crippen LogP contribution in [0.4, 0.5) is 0 Å². The summed E-state index contributed by atoms with van der Waals surface area (Å²) in [7, 11) is 3.33. The zero-order valence-electron chi connectivity index (χ0n) is 12.8. The average Bonchev–Trinajstić information content (AvgIpc) is 2.96. The van der Waals surface area contributed by atoms with Gasteiger partial charge in [-0.3, -0.25) is 0 Å². The number of hydrogen-bond acceptors (Lipinski definition) is 4. The molecule has 1 atom stereocenters. The first-order valence-corrected chi connectivity index (χ1v) is 8.89. The summed E-state index contributed by atoms with van der Waals surface area (Å²) < 4.78 is 14.0. The molecule has 6 heteroatoms. The minimum absolute atomic E-state index is 0.124. The Morgan fingerprint density at radius 2 is 1.87 bits per heavy atom. The average molecular weight is 487 g/mol. The highest BCUT2D eigenvalue weighted by Gasteiger charge is 2.30. The molecule has 23 heavy (non-hydrogen) atoms. The first-order valence-electron chi connectivity index (χ1n) is 7.13. The summed E-state index contributed by atoms with van der Waals surface area (Å²) >= 11 is 5.71. The van der Waals surface area contributed by atoms with Gasteiger partial charge in [0.05, 0.1) is 48.8 Å². The van der Waals surface area contributed by atoms with E-state index in [0.29, 0.717) is 0 Å². The number of hydrazone groups is 1. The second-order valence-corrected chi connectivity index (χ2v) is 7.05. The van der Waals surface area contributed by atoms with Crippen molar-refractivity contribution in [2.75, 3.05) is 14.2 Å². The van der Waals surface area contributed by atoms with E-state index in [1.807, 2.05) is 27.5 Å². The number of hydrogen-bond donors (Lipinski definition) is 0. The van der Waals surface area contributed by atoms with Crippen LogP contribution in [0.3, 0.4) is 0 Å². The zero-order chi connectivity index (χ0) is 16.4. The Hall–Kier alpha value is -1.28. The molecule has 2 aromatic carbocycles. The monoisotopic (exact) mass is 486 g/mol. The molecule has 0 radical (unpaired) electrons. The fourth-order valence-corrected chi connectivity index (χ4v) is 3.72. The second kappa shape index (κ2) is 7.09. The van der Waals surface area contributed by atoms with Gasteiger partial charge in [-0.2, -0.15) is 5.10 Å². The van der Waals surface area contributed by atoms with Crippen LogP contribution in [0.5, 0.6) is 11.5 Å². The third-order valence-corrected chi connectivity index (χ3v) is 5.25. The second-order valence-electron chi connectivity index (χ2n) is 5.14. The van der Waals surface area contributed by atoms with E-state index in [9.17, 15) is 0 Å². The van der Waals surface area contributed by atoms with E-state index in [2.05, 4.69) is 57.0 Å². The van der Waals surface area contributed by atoms with E-state index < -0.39 is 0 Å². The van der Waals surface area contributed by atoms with Gasteiger partial charge >= 0.3 is 0 Å². The van der Waals surface area contributed by atoms with Gasteiger partial charge in [-0.25, -0.2) is 3.22 Å². The van der Waals surface area contributed by atoms with Crippen LogP contribution >= 0.6 is 38.8 Å². The Labute approximate surface area is 158 Å². The van der Waals surface area contributed by atoms with Crippen LogP contribution in [0.2, 0.25) is 0 Å². The molecule has 2 aromatic rings. The van der Waals surface area contributed by atoms with E-state index in [-0.39, 0.29) is 6.04 Å². The van der Waals surface area contributed by atoms with E-state index in [1.54, 1.807) is 14.2 Å².